The second-order valence-corrected chi connectivity index (χ2v) is 22.8. The number of hydrogen-bond acceptors (Lipinski definition) is 3. The van der Waals surface area contributed by atoms with E-state index in [0.29, 0.717) is 0 Å². The second kappa shape index (κ2) is 21.1. The minimum atomic E-state index is 0.898. The van der Waals surface area contributed by atoms with Crippen molar-refractivity contribution in [3.05, 3.63) is 334 Å². The van der Waals surface area contributed by atoms with Gasteiger partial charge in [0.05, 0.1) is 11.0 Å². The Morgan fingerprint density at radius 3 is 1.17 bits per heavy atom. The Kier molecular flexibility index (Phi) is 12.2. The van der Waals surface area contributed by atoms with Gasteiger partial charge in [-0.15, -0.1) is 0 Å². The lowest BCUT2D eigenvalue weighted by Gasteiger charge is -2.26. The van der Waals surface area contributed by atoms with Gasteiger partial charge in [-0.2, -0.15) is 0 Å². The Bertz CT molecular complexity index is 5340. The molecule has 0 saturated heterocycles. The lowest BCUT2D eigenvalue weighted by Crippen LogP contribution is -2.10. The normalized spacial score (nSPS) is 11.6. The van der Waals surface area contributed by atoms with Gasteiger partial charge in [-0.05, 0) is 180 Å². The van der Waals surface area contributed by atoms with Gasteiger partial charge >= 0.3 is 0 Å². The molecule has 88 heavy (non-hydrogen) atoms. The largest absolute Gasteiger partial charge is 0.455 e. The fourth-order valence-corrected chi connectivity index (χ4v) is 13.5. The summed E-state index contributed by atoms with van der Waals surface area (Å²) in [6.45, 7) is 0. The first-order valence-corrected chi connectivity index (χ1v) is 30.1. The van der Waals surface area contributed by atoms with Crippen molar-refractivity contribution in [2.24, 2.45) is 0 Å². The van der Waals surface area contributed by atoms with Crippen LogP contribution in [0.15, 0.2) is 338 Å². The highest BCUT2D eigenvalue weighted by atomic mass is 16.3. The molecule has 17 aromatic rings. The van der Waals surface area contributed by atoms with Gasteiger partial charge in [0.1, 0.15) is 11.2 Å². The van der Waals surface area contributed by atoms with Crippen LogP contribution < -0.4 is 9.80 Å². The number of hydrogen-bond donors (Lipinski definition) is 0. The molecule has 0 spiro atoms. The third-order valence-corrected chi connectivity index (χ3v) is 17.8. The van der Waals surface area contributed by atoms with Crippen molar-refractivity contribution in [1.29, 1.82) is 0 Å². The van der Waals surface area contributed by atoms with Crippen LogP contribution in [0.5, 0.6) is 0 Å². The molecule has 2 heterocycles. The molecule has 0 unspecified atom stereocenters. The third-order valence-electron chi connectivity index (χ3n) is 17.8. The van der Waals surface area contributed by atoms with Crippen molar-refractivity contribution in [3.63, 3.8) is 0 Å². The van der Waals surface area contributed by atoms with Crippen LogP contribution in [0.3, 0.4) is 0 Å². The molecular weight excluding hydrogens is 1070 g/mol. The Labute approximate surface area is 509 Å². The Morgan fingerprint density at radius 1 is 0.216 bits per heavy atom. The summed E-state index contributed by atoms with van der Waals surface area (Å²) in [6, 6.07) is 121. The Hall–Kier alpha value is -11.7. The van der Waals surface area contributed by atoms with E-state index in [1.165, 1.54) is 60.0 Å². The van der Waals surface area contributed by atoms with Gasteiger partial charge in [-0.25, -0.2) is 0 Å². The molecule has 0 N–H and O–H groups in total. The maximum atomic E-state index is 6.47. The van der Waals surface area contributed by atoms with Crippen LogP contribution in [-0.4, -0.2) is 4.57 Å². The molecule has 15 aromatic carbocycles. The summed E-state index contributed by atoms with van der Waals surface area (Å²) in [6.07, 6.45) is 0. The average Bonchev–Trinajstić information content (AvgIpc) is 1.59. The van der Waals surface area contributed by atoms with Crippen LogP contribution in [0.1, 0.15) is 0 Å². The summed E-state index contributed by atoms with van der Waals surface area (Å²) in [5.74, 6) is 0. The maximum absolute atomic E-state index is 6.47. The minimum absolute atomic E-state index is 0.898. The molecule has 0 amide bonds. The minimum Gasteiger partial charge on any atom is -0.455 e. The van der Waals surface area contributed by atoms with Crippen molar-refractivity contribution in [2.75, 3.05) is 9.80 Å². The predicted molar refractivity (Wildman–Crippen MR) is 372 cm³/mol. The number of furan rings is 1. The summed E-state index contributed by atoms with van der Waals surface area (Å²) in [5.41, 5.74) is 20.8. The molecule has 2 aromatic heterocycles. The van der Waals surface area contributed by atoms with Gasteiger partial charge in [-0.3, -0.25) is 0 Å². The molecule has 4 nitrogen and oxygen atoms in total. The molecule has 0 bridgehead atoms. The van der Waals surface area contributed by atoms with E-state index in [0.717, 1.165) is 100 Å². The van der Waals surface area contributed by atoms with Crippen LogP contribution in [0.25, 0.3) is 126 Å². The number of rotatable bonds is 11. The molecule has 0 atom stereocenters. The number of para-hydroxylation sites is 3. The van der Waals surface area contributed by atoms with Crippen molar-refractivity contribution in [1.82, 2.24) is 4.57 Å². The highest BCUT2D eigenvalue weighted by Crippen LogP contribution is 2.45. The van der Waals surface area contributed by atoms with Crippen LogP contribution in [0.4, 0.5) is 34.1 Å². The molecule has 0 aliphatic carbocycles. The van der Waals surface area contributed by atoms with E-state index >= 15 is 0 Å². The first-order chi connectivity index (χ1) is 43.6. The molecule has 0 saturated carbocycles. The van der Waals surface area contributed by atoms with Gasteiger partial charge in [0.15, 0.2) is 0 Å². The zero-order valence-corrected chi connectivity index (χ0v) is 48.0. The number of anilines is 6. The third kappa shape index (κ3) is 8.69. The molecule has 17 rings (SSSR count). The molecule has 0 aliphatic rings. The highest BCUT2D eigenvalue weighted by molar-refractivity contribution is 6.26. The zero-order valence-electron chi connectivity index (χ0n) is 48.0. The van der Waals surface area contributed by atoms with Crippen molar-refractivity contribution in [2.45, 2.75) is 0 Å². The van der Waals surface area contributed by atoms with E-state index in [9.17, 15) is 0 Å². The first-order valence-electron chi connectivity index (χ1n) is 30.1. The van der Waals surface area contributed by atoms with E-state index in [4.69, 9.17) is 4.42 Å². The van der Waals surface area contributed by atoms with Gasteiger partial charge in [0, 0.05) is 66.9 Å². The number of nitrogens with zero attached hydrogens (tertiary/aromatic N) is 3. The van der Waals surface area contributed by atoms with Gasteiger partial charge in [0.25, 0.3) is 0 Å². The Balaban J connectivity index is 0.804. The van der Waals surface area contributed by atoms with E-state index in [-0.39, 0.29) is 0 Å². The summed E-state index contributed by atoms with van der Waals surface area (Å²) in [4.78, 5) is 4.73. The molecular formula is C84H55N3O. The number of fused-ring (bicyclic) bond motifs is 12. The number of benzene rings is 15. The van der Waals surface area contributed by atoms with Gasteiger partial charge in [0.2, 0.25) is 0 Å². The lowest BCUT2D eigenvalue weighted by atomic mass is 9.94. The van der Waals surface area contributed by atoms with Crippen LogP contribution in [0, 0.1) is 0 Å². The monoisotopic (exact) mass is 1120 g/mol. The highest BCUT2D eigenvalue weighted by Gasteiger charge is 2.21. The SMILES string of the molecule is c1ccc(-c2ccc(N(c3ccc(-c4ccccc4)cc3)c3ccc4c(c3)c3cc(-c5ccc(N(c6ccccc6)c6ccc(-c7cccc8c7oc7ccccc78)cc6)cc5)ccc3n4-c3ccc4c5ccccc5c5ccccc5c4c3)cc2)cc1. The molecule has 0 radical (unpaired) electrons. The number of aromatic nitrogens is 1. The lowest BCUT2D eigenvalue weighted by molar-refractivity contribution is 0.670. The average molecular weight is 1120 g/mol. The smallest absolute Gasteiger partial charge is 0.143 e. The quantitative estimate of drug-likeness (QED) is 0.121. The molecule has 412 valence electrons. The Morgan fingerprint density at radius 2 is 0.602 bits per heavy atom. The zero-order chi connectivity index (χ0) is 58.1. The van der Waals surface area contributed by atoms with E-state index in [1.807, 2.05) is 12.1 Å². The van der Waals surface area contributed by atoms with Crippen LogP contribution in [-0.2, 0) is 0 Å². The van der Waals surface area contributed by atoms with Gasteiger partial charge < -0.3 is 18.8 Å². The van der Waals surface area contributed by atoms with E-state index in [2.05, 4.69) is 336 Å². The predicted octanol–water partition coefficient (Wildman–Crippen LogP) is 23.8. The van der Waals surface area contributed by atoms with Crippen LogP contribution in [0.2, 0.25) is 0 Å². The summed E-state index contributed by atoms with van der Waals surface area (Å²) in [7, 11) is 0. The van der Waals surface area contributed by atoms with E-state index < -0.39 is 0 Å². The van der Waals surface area contributed by atoms with Crippen molar-refractivity contribution in [3.8, 4) is 50.2 Å². The summed E-state index contributed by atoms with van der Waals surface area (Å²) in [5, 5.41) is 12.1. The summed E-state index contributed by atoms with van der Waals surface area (Å²) < 4.78 is 8.94. The van der Waals surface area contributed by atoms with Crippen molar-refractivity contribution < 1.29 is 4.42 Å². The summed E-state index contributed by atoms with van der Waals surface area (Å²) >= 11 is 0. The van der Waals surface area contributed by atoms with E-state index in [1.54, 1.807) is 0 Å². The molecule has 0 aliphatic heterocycles. The molecule has 0 fully saturated rings. The van der Waals surface area contributed by atoms with Crippen LogP contribution >= 0.6 is 0 Å². The standard InChI is InChI=1S/C84H55N3O/c1-4-17-56(18-5-1)58-31-40-66(41-32-58)86(67-42-33-59(34-43-67)57-19-6-2-7-20-57)68-49-52-82-80(55-68)79-53-62(39-51-81(79)87(82)69-48-50-75-73-25-11-10-23-71(73)72-24-12-13-26-74(72)78(75)54-69)60-35-44-64(45-36-60)85(63-21-8-3-9-22-63)65-46-37-61(38-47-65)70-28-16-29-77-76-27-14-15-30-83(76)88-84(70)77/h1-55H. The van der Waals surface area contributed by atoms with Gasteiger partial charge in [-0.1, -0.05) is 224 Å². The first kappa shape index (κ1) is 50.8. The molecule has 4 heteroatoms. The maximum Gasteiger partial charge on any atom is 0.143 e. The fraction of sp³-hybridized carbons (Fsp3) is 0. The van der Waals surface area contributed by atoms with Crippen molar-refractivity contribution >= 4 is 110 Å². The second-order valence-electron chi connectivity index (χ2n) is 22.8. The topological polar surface area (TPSA) is 24.6 Å². The fourth-order valence-electron chi connectivity index (χ4n) is 13.5.